The first-order valence-corrected chi connectivity index (χ1v) is 9.72. The number of carbonyl (C=O) groups is 2. The Hall–Kier alpha value is -2.87. The van der Waals surface area contributed by atoms with Crippen LogP contribution in [-0.2, 0) is 14.3 Å². The topological polar surface area (TPSA) is 96.3 Å². The van der Waals surface area contributed by atoms with Gasteiger partial charge in [-0.05, 0) is 42.0 Å². The molecular formula is C22H22ClNO6. The third-order valence-electron chi connectivity index (χ3n) is 4.80. The first-order chi connectivity index (χ1) is 14.5. The molecule has 7 nitrogen and oxygen atoms in total. The molecule has 0 radical (unpaired) electrons. The van der Waals surface area contributed by atoms with Gasteiger partial charge < -0.3 is 24.6 Å². The molecule has 1 heterocycles. The standard InChI is InChI=1S/C22H22ClNO6/c1-29-17-8-4-14(5-9-17)19-18(20(26)15-2-6-16(23)7-3-15)21(27)22(28)24(19)10-12-30-13-11-25/h2-9,19,25-26H,10-13H2,1H3/b20-18+. The highest BCUT2D eigenvalue weighted by Crippen LogP contribution is 2.39. The molecule has 8 heteroatoms. The molecule has 1 amide bonds. The summed E-state index contributed by atoms with van der Waals surface area (Å²) >= 11 is 5.92. The van der Waals surface area contributed by atoms with Crippen LogP contribution in [0, 0.1) is 0 Å². The largest absolute Gasteiger partial charge is 0.507 e. The molecule has 1 saturated heterocycles. The number of ether oxygens (including phenoxy) is 2. The van der Waals surface area contributed by atoms with Crippen LogP contribution >= 0.6 is 11.6 Å². The molecule has 1 aliphatic rings. The first kappa shape index (κ1) is 21.8. The molecule has 158 valence electrons. The van der Waals surface area contributed by atoms with Gasteiger partial charge in [-0.15, -0.1) is 0 Å². The lowest BCUT2D eigenvalue weighted by atomic mass is 9.95. The van der Waals surface area contributed by atoms with Gasteiger partial charge in [0.25, 0.3) is 11.7 Å². The highest BCUT2D eigenvalue weighted by atomic mass is 35.5. The maximum Gasteiger partial charge on any atom is 0.295 e. The fourth-order valence-electron chi connectivity index (χ4n) is 3.34. The molecule has 1 fully saturated rings. The Bertz CT molecular complexity index is 939. The Balaban J connectivity index is 2.05. The third-order valence-corrected chi connectivity index (χ3v) is 5.05. The smallest absolute Gasteiger partial charge is 0.295 e. The van der Waals surface area contributed by atoms with Crippen LogP contribution in [0.4, 0.5) is 0 Å². The van der Waals surface area contributed by atoms with Gasteiger partial charge >= 0.3 is 0 Å². The number of methoxy groups -OCH3 is 1. The Morgan fingerprint density at radius 1 is 1.07 bits per heavy atom. The van der Waals surface area contributed by atoms with Crippen LogP contribution in [0.3, 0.4) is 0 Å². The van der Waals surface area contributed by atoms with Crippen molar-refractivity contribution in [2.75, 3.05) is 33.5 Å². The number of rotatable bonds is 8. The molecule has 1 unspecified atom stereocenters. The van der Waals surface area contributed by atoms with Gasteiger partial charge in [0, 0.05) is 17.1 Å². The highest BCUT2D eigenvalue weighted by molar-refractivity contribution is 6.46. The Kier molecular flexibility index (Phi) is 7.10. The van der Waals surface area contributed by atoms with Crippen molar-refractivity contribution in [3.05, 3.63) is 70.3 Å². The number of hydrogen-bond acceptors (Lipinski definition) is 6. The van der Waals surface area contributed by atoms with Crippen LogP contribution in [0.5, 0.6) is 5.75 Å². The summed E-state index contributed by atoms with van der Waals surface area (Å²) in [4.78, 5) is 27.0. The number of benzene rings is 2. The van der Waals surface area contributed by atoms with Crippen molar-refractivity contribution in [2.24, 2.45) is 0 Å². The quantitative estimate of drug-likeness (QED) is 0.289. The summed E-state index contributed by atoms with van der Waals surface area (Å²) in [6.07, 6.45) is 0. The summed E-state index contributed by atoms with van der Waals surface area (Å²) in [5, 5.41) is 20.3. The molecule has 1 aliphatic heterocycles. The van der Waals surface area contributed by atoms with Crippen LogP contribution in [-0.4, -0.2) is 60.3 Å². The minimum atomic E-state index is -0.788. The van der Waals surface area contributed by atoms with Gasteiger partial charge in [0.15, 0.2) is 0 Å². The van der Waals surface area contributed by atoms with Crippen molar-refractivity contribution in [1.82, 2.24) is 4.90 Å². The molecule has 0 saturated carbocycles. The molecule has 30 heavy (non-hydrogen) atoms. The number of aliphatic hydroxyl groups excluding tert-OH is 2. The first-order valence-electron chi connectivity index (χ1n) is 9.34. The number of carbonyl (C=O) groups excluding carboxylic acids is 2. The van der Waals surface area contributed by atoms with E-state index < -0.39 is 17.7 Å². The number of aliphatic hydroxyl groups is 2. The number of nitrogens with zero attached hydrogens (tertiary/aromatic N) is 1. The lowest BCUT2D eigenvalue weighted by Crippen LogP contribution is -2.33. The van der Waals surface area contributed by atoms with E-state index in [0.29, 0.717) is 21.9 Å². The molecule has 0 bridgehead atoms. The van der Waals surface area contributed by atoms with E-state index in [1.54, 1.807) is 55.6 Å². The van der Waals surface area contributed by atoms with Gasteiger partial charge in [-0.2, -0.15) is 0 Å². The number of halogens is 1. The monoisotopic (exact) mass is 431 g/mol. The van der Waals surface area contributed by atoms with Gasteiger partial charge in [0.1, 0.15) is 11.5 Å². The predicted octanol–water partition coefficient (Wildman–Crippen LogP) is 2.78. The van der Waals surface area contributed by atoms with Crippen molar-refractivity contribution in [3.63, 3.8) is 0 Å². The maximum atomic E-state index is 12.9. The van der Waals surface area contributed by atoms with E-state index in [2.05, 4.69) is 0 Å². The van der Waals surface area contributed by atoms with Crippen LogP contribution in [0.15, 0.2) is 54.1 Å². The van der Waals surface area contributed by atoms with E-state index in [4.69, 9.17) is 26.2 Å². The van der Waals surface area contributed by atoms with Crippen LogP contribution in [0.25, 0.3) is 5.76 Å². The number of likely N-dealkylation sites (tertiary alicyclic amines) is 1. The molecule has 2 aromatic rings. The van der Waals surface area contributed by atoms with E-state index in [1.807, 2.05) is 0 Å². The van der Waals surface area contributed by atoms with Gasteiger partial charge in [-0.1, -0.05) is 23.7 Å². The minimum absolute atomic E-state index is 0.00496. The van der Waals surface area contributed by atoms with Gasteiger partial charge in [0.2, 0.25) is 0 Å². The Labute approximate surface area is 179 Å². The van der Waals surface area contributed by atoms with E-state index in [9.17, 15) is 14.7 Å². The normalized spacial score (nSPS) is 18.1. The second kappa shape index (κ2) is 9.75. The summed E-state index contributed by atoms with van der Waals surface area (Å²) in [5.41, 5.74) is 1.02. The minimum Gasteiger partial charge on any atom is -0.507 e. The molecule has 2 N–H and O–H groups in total. The number of hydrogen-bond donors (Lipinski definition) is 2. The van der Waals surface area contributed by atoms with Gasteiger partial charge in [-0.3, -0.25) is 9.59 Å². The van der Waals surface area contributed by atoms with Crippen LogP contribution in [0.2, 0.25) is 5.02 Å². The zero-order valence-electron chi connectivity index (χ0n) is 16.4. The second-order valence-electron chi connectivity index (χ2n) is 6.61. The number of amides is 1. The lowest BCUT2D eigenvalue weighted by Gasteiger charge is -2.25. The van der Waals surface area contributed by atoms with Crippen molar-refractivity contribution in [1.29, 1.82) is 0 Å². The summed E-state index contributed by atoms with van der Waals surface area (Å²) < 4.78 is 10.5. The van der Waals surface area contributed by atoms with E-state index >= 15 is 0 Å². The van der Waals surface area contributed by atoms with E-state index in [-0.39, 0.29) is 37.7 Å². The lowest BCUT2D eigenvalue weighted by molar-refractivity contribution is -0.140. The fraction of sp³-hybridized carbons (Fsp3) is 0.273. The molecule has 3 rings (SSSR count). The van der Waals surface area contributed by atoms with Gasteiger partial charge in [-0.25, -0.2) is 0 Å². The van der Waals surface area contributed by atoms with Crippen molar-refractivity contribution in [2.45, 2.75) is 6.04 Å². The summed E-state index contributed by atoms with van der Waals surface area (Å²) in [6, 6.07) is 12.5. The third kappa shape index (κ3) is 4.48. The zero-order valence-corrected chi connectivity index (χ0v) is 17.1. The molecule has 0 aromatic heterocycles. The van der Waals surface area contributed by atoms with Crippen LogP contribution < -0.4 is 4.74 Å². The maximum absolute atomic E-state index is 12.9. The SMILES string of the molecule is COc1ccc(C2/C(=C(\O)c3ccc(Cl)cc3)C(=O)C(=O)N2CCOCCO)cc1. The van der Waals surface area contributed by atoms with E-state index in [1.165, 1.54) is 4.90 Å². The molecule has 0 spiro atoms. The van der Waals surface area contributed by atoms with Crippen molar-refractivity contribution < 1.29 is 29.3 Å². The molecule has 2 aromatic carbocycles. The van der Waals surface area contributed by atoms with Crippen LogP contribution in [0.1, 0.15) is 17.2 Å². The number of ketones is 1. The fourth-order valence-corrected chi connectivity index (χ4v) is 3.46. The predicted molar refractivity (Wildman–Crippen MR) is 111 cm³/mol. The summed E-state index contributed by atoms with van der Waals surface area (Å²) in [7, 11) is 1.54. The molecule has 1 atom stereocenters. The van der Waals surface area contributed by atoms with E-state index in [0.717, 1.165) is 0 Å². The van der Waals surface area contributed by atoms with Gasteiger partial charge in [0.05, 0.1) is 38.5 Å². The highest BCUT2D eigenvalue weighted by Gasteiger charge is 2.45. The Morgan fingerprint density at radius 2 is 1.73 bits per heavy atom. The average Bonchev–Trinajstić information content (AvgIpc) is 3.01. The van der Waals surface area contributed by atoms with Crippen molar-refractivity contribution >= 4 is 29.1 Å². The second-order valence-corrected chi connectivity index (χ2v) is 7.04. The average molecular weight is 432 g/mol. The molecular weight excluding hydrogens is 410 g/mol. The van der Waals surface area contributed by atoms with Crippen molar-refractivity contribution in [3.8, 4) is 5.75 Å². The molecule has 0 aliphatic carbocycles. The Morgan fingerprint density at radius 3 is 2.33 bits per heavy atom. The number of Topliss-reactive ketones (excluding diaryl/α,β-unsaturated/α-hetero) is 1. The summed E-state index contributed by atoms with van der Waals surface area (Å²) in [6.45, 7) is 0.249. The zero-order chi connectivity index (χ0) is 21.7. The summed E-state index contributed by atoms with van der Waals surface area (Å²) in [5.74, 6) is -1.14.